The molecule has 2 aromatic rings. The number of aromatic amines is 1. The molecule has 2 aliphatic rings. The van der Waals surface area contributed by atoms with Crippen molar-refractivity contribution in [3.63, 3.8) is 0 Å². The minimum atomic E-state index is 0.0962. The fourth-order valence-corrected chi connectivity index (χ4v) is 3.81. The van der Waals surface area contributed by atoms with Gasteiger partial charge in [-0.25, -0.2) is 0 Å². The molecule has 1 N–H and O–H groups in total. The Morgan fingerprint density at radius 1 is 1.33 bits per heavy atom. The predicted octanol–water partition coefficient (Wildman–Crippen LogP) is 4.21. The van der Waals surface area contributed by atoms with Crippen LogP contribution in [0.5, 0.6) is 0 Å². The summed E-state index contributed by atoms with van der Waals surface area (Å²) in [7, 11) is 0. The molecule has 1 saturated heterocycles. The summed E-state index contributed by atoms with van der Waals surface area (Å²) in [6, 6.07) is 8.14. The largest absolute Gasteiger partial charge is 0.372 e. The van der Waals surface area contributed by atoms with Gasteiger partial charge in [0.2, 0.25) is 0 Å². The van der Waals surface area contributed by atoms with Crippen LogP contribution in [0.3, 0.4) is 0 Å². The van der Waals surface area contributed by atoms with Gasteiger partial charge in [0, 0.05) is 17.9 Å². The average molecular weight is 319 g/mol. The Morgan fingerprint density at radius 2 is 2.25 bits per heavy atom. The first-order chi connectivity index (χ1) is 11.8. The van der Waals surface area contributed by atoms with Crippen molar-refractivity contribution < 1.29 is 4.74 Å². The number of nitriles is 1. The minimum Gasteiger partial charge on any atom is -0.372 e. The van der Waals surface area contributed by atoms with E-state index in [1.54, 1.807) is 0 Å². The number of nitrogens with zero attached hydrogens (tertiary/aromatic N) is 2. The number of allylic oxidation sites excluding steroid dienone is 1. The van der Waals surface area contributed by atoms with Crippen LogP contribution < -0.4 is 0 Å². The van der Waals surface area contributed by atoms with Gasteiger partial charge in [0.1, 0.15) is 6.10 Å². The van der Waals surface area contributed by atoms with Gasteiger partial charge in [-0.2, -0.15) is 10.4 Å². The van der Waals surface area contributed by atoms with E-state index in [9.17, 15) is 0 Å². The number of aromatic nitrogens is 2. The van der Waals surface area contributed by atoms with Crippen LogP contribution >= 0.6 is 0 Å². The number of ether oxygens (including phenoxy) is 1. The standard InChI is InChI=1S/C20H21N3O/c1-13-11-14(12-21)8-9-15(13)16-5-4-6-17-19(16)20(23-22-17)18-7-2-3-10-24-18/h5,8-9,11,18H,2-4,6-7,10H2,1H3,(H,22,23). The van der Waals surface area contributed by atoms with Gasteiger partial charge < -0.3 is 4.74 Å². The van der Waals surface area contributed by atoms with E-state index in [0.717, 1.165) is 43.5 Å². The predicted molar refractivity (Wildman–Crippen MR) is 92.4 cm³/mol. The Kier molecular flexibility index (Phi) is 3.95. The van der Waals surface area contributed by atoms with Crippen LogP contribution in [-0.2, 0) is 11.2 Å². The molecule has 122 valence electrons. The monoisotopic (exact) mass is 319 g/mol. The van der Waals surface area contributed by atoms with Crippen molar-refractivity contribution >= 4 is 5.57 Å². The molecule has 1 atom stereocenters. The lowest BCUT2D eigenvalue weighted by Crippen LogP contribution is -2.14. The van der Waals surface area contributed by atoms with Gasteiger partial charge in [-0.3, -0.25) is 5.10 Å². The number of aryl methyl sites for hydroxylation is 2. The molecule has 1 fully saturated rings. The van der Waals surface area contributed by atoms with Gasteiger partial charge in [0.25, 0.3) is 0 Å². The molecule has 0 saturated carbocycles. The SMILES string of the molecule is Cc1cc(C#N)ccc1C1=CCCc2[nH]nc(C3CCCCO3)c21. The summed E-state index contributed by atoms with van der Waals surface area (Å²) >= 11 is 0. The molecular weight excluding hydrogens is 298 g/mol. The highest BCUT2D eigenvalue weighted by Crippen LogP contribution is 2.39. The number of hydrogen-bond donors (Lipinski definition) is 1. The lowest BCUT2D eigenvalue weighted by molar-refractivity contribution is 0.0121. The highest BCUT2D eigenvalue weighted by Gasteiger charge is 2.28. The summed E-state index contributed by atoms with van der Waals surface area (Å²) < 4.78 is 5.99. The molecule has 1 aromatic heterocycles. The molecule has 0 bridgehead atoms. The van der Waals surface area contributed by atoms with Crippen LogP contribution in [-0.4, -0.2) is 16.8 Å². The maximum atomic E-state index is 9.11. The van der Waals surface area contributed by atoms with Gasteiger partial charge in [-0.05, 0) is 67.9 Å². The second-order valence-electron chi connectivity index (χ2n) is 6.62. The first kappa shape index (κ1) is 15.2. The highest BCUT2D eigenvalue weighted by molar-refractivity contribution is 5.85. The van der Waals surface area contributed by atoms with E-state index in [-0.39, 0.29) is 6.10 Å². The third-order valence-electron chi connectivity index (χ3n) is 5.01. The molecule has 1 aromatic carbocycles. The van der Waals surface area contributed by atoms with E-state index in [0.29, 0.717) is 5.56 Å². The zero-order valence-electron chi connectivity index (χ0n) is 13.9. The van der Waals surface area contributed by atoms with Gasteiger partial charge in [0.15, 0.2) is 0 Å². The maximum absolute atomic E-state index is 9.11. The topological polar surface area (TPSA) is 61.7 Å². The Bertz CT molecular complexity index is 835. The van der Waals surface area contributed by atoms with Crippen LogP contribution in [0.2, 0.25) is 0 Å². The molecule has 4 rings (SSSR count). The zero-order chi connectivity index (χ0) is 16.5. The van der Waals surface area contributed by atoms with E-state index >= 15 is 0 Å². The van der Waals surface area contributed by atoms with Crippen molar-refractivity contribution in [2.24, 2.45) is 0 Å². The number of benzene rings is 1. The van der Waals surface area contributed by atoms with Crippen molar-refractivity contribution in [3.05, 3.63) is 57.9 Å². The second kappa shape index (κ2) is 6.26. The number of rotatable bonds is 2. The van der Waals surface area contributed by atoms with E-state index < -0.39 is 0 Å². The average Bonchev–Trinajstić information content (AvgIpc) is 3.07. The van der Waals surface area contributed by atoms with E-state index in [2.05, 4.69) is 35.3 Å². The van der Waals surface area contributed by atoms with Crippen molar-refractivity contribution in [1.82, 2.24) is 10.2 Å². The van der Waals surface area contributed by atoms with Gasteiger partial charge in [0.05, 0.1) is 17.3 Å². The summed E-state index contributed by atoms with van der Waals surface area (Å²) in [5, 5.41) is 17.0. The highest BCUT2D eigenvalue weighted by atomic mass is 16.5. The third kappa shape index (κ3) is 2.55. The van der Waals surface area contributed by atoms with Crippen molar-refractivity contribution in [1.29, 1.82) is 5.26 Å². The molecule has 2 heterocycles. The van der Waals surface area contributed by atoms with Gasteiger partial charge >= 0.3 is 0 Å². The molecule has 1 aliphatic heterocycles. The number of fused-ring (bicyclic) bond motifs is 1. The third-order valence-corrected chi connectivity index (χ3v) is 5.01. The Labute approximate surface area is 142 Å². The van der Waals surface area contributed by atoms with E-state index in [1.807, 2.05) is 12.1 Å². The van der Waals surface area contributed by atoms with Crippen molar-refractivity contribution in [3.8, 4) is 6.07 Å². The molecular formula is C20H21N3O. The second-order valence-corrected chi connectivity index (χ2v) is 6.62. The molecule has 0 amide bonds. The van der Waals surface area contributed by atoms with Crippen molar-refractivity contribution in [2.75, 3.05) is 6.61 Å². The van der Waals surface area contributed by atoms with Crippen molar-refractivity contribution in [2.45, 2.75) is 45.1 Å². The number of H-pyrrole nitrogens is 1. The maximum Gasteiger partial charge on any atom is 0.102 e. The number of hydrogen-bond acceptors (Lipinski definition) is 3. The van der Waals surface area contributed by atoms with Crippen LogP contribution in [0.1, 0.15) is 65.4 Å². The fourth-order valence-electron chi connectivity index (χ4n) is 3.81. The fraction of sp³-hybridized carbons (Fsp3) is 0.400. The Morgan fingerprint density at radius 3 is 3.00 bits per heavy atom. The summed E-state index contributed by atoms with van der Waals surface area (Å²) in [6.07, 6.45) is 7.78. The summed E-state index contributed by atoms with van der Waals surface area (Å²) in [5.74, 6) is 0. The van der Waals surface area contributed by atoms with E-state index in [1.165, 1.54) is 28.8 Å². The Hall–Kier alpha value is -2.38. The summed E-state index contributed by atoms with van der Waals surface area (Å²) in [5.41, 5.74) is 7.74. The molecule has 24 heavy (non-hydrogen) atoms. The number of nitrogens with one attached hydrogen (secondary N) is 1. The molecule has 1 aliphatic carbocycles. The summed E-state index contributed by atoms with van der Waals surface area (Å²) in [6.45, 7) is 2.89. The van der Waals surface area contributed by atoms with Gasteiger partial charge in [-0.15, -0.1) is 0 Å². The molecule has 0 spiro atoms. The molecule has 1 unspecified atom stereocenters. The Balaban J connectivity index is 1.79. The van der Waals surface area contributed by atoms with Crippen LogP contribution in [0.15, 0.2) is 24.3 Å². The molecule has 4 heteroatoms. The van der Waals surface area contributed by atoms with Gasteiger partial charge in [-0.1, -0.05) is 12.1 Å². The van der Waals surface area contributed by atoms with Crippen LogP contribution in [0.4, 0.5) is 0 Å². The lowest BCUT2D eigenvalue weighted by atomic mass is 9.85. The first-order valence-corrected chi connectivity index (χ1v) is 8.68. The van der Waals surface area contributed by atoms with Crippen LogP contribution in [0.25, 0.3) is 5.57 Å². The van der Waals surface area contributed by atoms with Crippen LogP contribution in [0, 0.1) is 18.3 Å². The lowest BCUT2D eigenvalue weighted by Gasteiger charge is -2.24. The minimum absolute atomic E-state index is 0.0962. The smallest absolute Gasteiger partial charge is 0.102 e. The quantitative estimate of drug-likeness (QED) is 0.902. The molecule has 0 radical (unpaired) electrons. The zero-order valence-corrected chi connectivity index (χ0v) is 13.9. The normalized spacial score (nSPS) is 20.2. The first-order valence-electron chi connectivity index (χ1n) is 8.68. The molecule has 4 nitrogen and oxygen atoms in total. The van der Waals surface area contributed by atoms with E-state index in [4.69, 9.17) is 10.00 Å². The summed E-state index contributed by atoms with van der Waals surface area (Å²) in [4.78, 5) is 0.